The van der Waals surface area contributed by atoms with E-state index in [-0.39, 0.29) is 18.5 Å². The monoisotopic (exact) mass is 850 g/mol. The molecule has 6 nitrogen and oxygen atoms in total. The second kappa shape index (κ2) is 50.5. The lowest BCUT2D eigenvalue weighted by Crippen LogP contribution is -2.45. The molecule has 0 aromatic heterocycles. The third-order valence-corrected chi connectivity index (χ3v) is 12.9. The average Bonchev–Trinajstić information content (AvgIpc) is 3.25. The molecule has 0 aliphatic heterocycles. The molecule has 0 aliphatic rings. The normalized spacial score (nSPS) is 12.5. The molecule has 0 heterocycles. The molecule has 6 heteroatoms. The van der Waals surface area contributed by atoms with Gasteiger partial charge in [-0.25, -0.2) is 0 Å². The fraction of sp³-hybridized carbons (Fsp3) is 0.963. The Balaban J connectivity index is 3.42. The van der Waals surface area contributed by atoms with Gasteiger partial charge in [-0.1, -0.05) is 271 Å². The molecule has 0 rings (SSSR count). The predicted molar refractivity (Wildman–Crippen MR) is 260 cm³/mol. The molecule has 1 amide bonds. The lowest BCUT2D eigenvalue weighted by Gasteiger charge is -2.22. The number of carbonyl (C=O) groups excluding carboxylic acids is 2. The summed E-state index contributed by atoms with van der Waals surface area (Å²) in [4.78, 5) is 24.5. The molecule has 0 aromatic rings. The molecule has 0 saturated heterocycles. The number of hydrogen-bond acceptors (Lipinski definition) is 5. The van der Waals surface area contributed by atoms with E-state index in [1.807, 2.05) is 0 Å². The molecule has 60 heavy (non-hydrogen) atoms. The van der Waals surface area contributed by atoms with E-state index in [0.717, 1.165) is 57.8 Å². The van der Waals surface area contributed by atoms with Crippen LogP contribution in [0.5, 0.6) is 0 Å². The SMILES string of the molecule is CCCCCCCCCCCCCCCCCCCC(=O)OCCCCCCCCCCCCCCC(=O)NC(CO)C(O)CCCCCCCCCCCCCCCC. The van der Waals surface area contributed by atoms with E-state index >= 15 is 0 Å². The number of aliphatic hydroxyl groups excluding tert-OH is 2. The third-order valence-electron chi connectivity index (χ3n) is 12.9. The van der Waals surface area contributed by atoms with Crippen LogP contribution in [0.2, 0.25) is 0 Å². The summed E-state index contributed by atoms with van der Waals surface area (Å²) in [7, 11) is 0. The number of ether oxygens (including phenoxy) is 1. The Hall–Kier alpha value is -1.14. The van der Waals surface area contributed by atoms with Gasteiger partial charge in [0, 0.05) is 12.8 Å². The number of aliphatic hydroxyl groups is 2. The summed E-state index contributed by atoms with van der Waals surface area (Å²) >= 11 is 0. The summed E-state index contributed by atoms with van der Waals surface area (Å²) in [5.74, 6) is -0.0527. The van der Waals surface area contributed by atoms with Gasteiger partial charge in [-0.3, -0.25) is 9.59 Å². The van der Waals surface area contributed by atoms with Gasteiger partial charge in [-0.2, -0.15) is 0 Å². The van der Waals surface area contributed by atoms with Crippen LogP contribution < -0.4 is 5.32 Å². The number of esters is 1. The molecule has 0 bridgehead atoms. The van der Waals surface area contributed by atoms with Crippen LogP contribution in [0.1, 0.15) is 309 Å². The second-order valence-electron chi connectivity index (χ2n) is 18.9. The molecular weight excluding hydrogens is 743 g/mol. The van der Waals surface area contributed by atoms with Crippen molar-refractivity contribution >= 4 is 11.9 Å². The number of nitrogens with one attached hydrogen (secondary N) is 1. The van der Waals surface area contributed by atoms with Gasteiger partial charge in [-0.05, 0) is 25.7 Å². The standard InChI is InChI=1S/C54H107NO5/c1-3-5-7-9-11-13-15-17-19-20-21-23-28-32-36-40-44-48-54(59)60-49-45-41-37-33-29-25-24-27-31-35-39-43-47-53(58)55-51(50-56)52(57)46-42-38-34-30-26-22-18-16-14-12-10-8-6-4-2/h51-52,56-57H,3-50H2,1-2H3,(H,55,58). The van der Waals surface area contributed by atoms with Crippen LogP contribution in [-0.4, -0.2) is 47.4 Å². The number of carbonyl (C=O) groups is 2. The van der Waals surface area contributed by atoms with Crippen LogP contribution >= 0.6 is 0 Å². The zero-order valence-corrected chi connectivity index (χ0v) is 40.7. The highest BCUT2D eigenvalue weighted by Crippen LogP contribution is 2.17. The highest BCUT2D eigenvalue weighted by atomic mass is 16.5. The number of unbranched alkanes of at least 4 members (excludes halogenated alkanes) is 40. The molecule has 2 unspecified atom stereocenters. The van der Waals surface area contributed by atoms with Gasteiger partial charge in [0.2, 0.25) is 5.91 Å². The van der Waals surface area contributed by atoms with E-state index in [1.165, 1.54) is 218 Å². The summed E-state index contributed by atoms with van der Waals surface area (Å²) in [6.07, 6.45) is 56.5. The fourth-order valence-electron chi connectivity index (χ4n) is 8.70. The van der Waals surface area contributed by atoms with Crippen LogP contribution in [0.4, 0.5) is 0 Å². The van der Waals surface area contributed by atoms with Gasteiger partial charge >= 0.3 is 5.97 Å². The van der Waals surface area contributed by atoms with Crippen molar-refractivity contribution in [1.82, 2.24) is 5.32 Å². The summed E-state index contributed by atoms with van der Waals surface area (Å²) in [6.45, 7) is 4.94. The van der Waals surface area contributed by atoms with Crippen molar-refractivity contribution in [3.63, 3.8) is 0 Å². The van der Waals surface area contributed by atoms with Crippen molar-refractivity contribution in [3.05, 3.63) is 0 Å². The first-order chi connectivity index (χ1) is 29.5. The number of rotatable bonds is 51. The second-order valence-corrected chi connectivity index (χ2v) is 18.9. The lowest BCUT2D eigenvalue weighted by atomic mass is 10.0. The van der Waals surface area contributed by atoms with E-state index in [4.69, 9.17) is 4.74 Å². The zero-order valence-electron chi connectivity index (χ0n) is 40.7. The first-order valence-corrected chi connectivity index (χ1v) is 27.3. The molecule has 0 aliphatic carbocycles. The van der Waals surface area contributed by atoms with Gasteiger partial charge in [-0.15, -0.1) is 0 Å². The van der Waals surface area contributed by atoms with E-state index in [1.54, 1.807) is 0 Å². The van der Waals surface area contributed by atoms with Crippen LogP contribution in [0, 0.1) is 0 Å². The number of hydrogen-bond donors (Lipinski definition) is 3. The summed E-state index contributed by atoms with van der Waals surface area (Å²) < 4.78 is 5.48. The molecule has 358 valence electrons. The van der Waals surface area contributed by atoms with Gasteiger partial charge < -0.3 is 20.3 Å². The Bertz CT molecular complexity index is 852. The van der Waals surface area contributed by atoms with Crippen molar-refractivity contribution in [1.29, 1.82) is 0 Å². The van der Waals surface area contributed by atoms with Crippen molar-refractivity contribution in [2.24, 2.45) is 0 Å². The fourth-order valence-corrected chi connectivity index (χ4v) is 8.70. The Labute approximate surface area is 375 Å². The lowest BCUT2D eigenvalue weighted by molar-refractivity contribution is -0.143. The van der Waals surface area contributed by atoms with E-state index in [2.05, 4.69) is 19.2 Å². The van der Waals surface area contributed by atoms with Crippen molar-refractivity contribution < 1.29 is 24.5 Å². The van der Waals surface area contributed by atoms with Crippen LogP contribution in [0.15, 0.2) is 0 Å². The molecular formula is C54H107NO5. The smallest absolute Gasteiger partial charge is 0.305 e. The maximum atomic E-state index is 12.4. The van der Waals surface area contributed by atoms with E-state index in [9.17, 15) is 19.8 Å². The van der Waals surface area contributed by atoms with Gasteiger partial charge in [0.15, 0.2) is 0 Å². The minimum absolute atomic E-state index is 0.00450. The molecule has 0 aromatic carbocycles. The minimum atomic E-state index is -0.672. The quantitative estimate of drug-likeness (QED) is 0.0418. The largest absolute Gasteiger partial charge is 0.466 e. The minimum Gasteiger partial charge on any atom is -0.466 e. The van der Waals surface area contributed by atoms with Gasteiger partial charge in [0.05, 0.1) is 25.4 Å². The molecule has 0 saturated carbocycles. The highest BCUT2D eigenvalue weighted by molar-refractivity contribution is 5.76. The number of amides is 1. The van der Waals surface area contributed by atoms with Crippen molar-refractivity contribution in [3.8, 4) is 0 Å². The molecule has 0 spiro atoms. The third kappa shape index (κ3) is 46.4. The highest BCUT2D eigenvalue weighted by Gasteiger charge is 2.20. The first-order valence-electron chi connectivity index (χ1n) is 27.3. The van der Waals surface area contributed by atoms with Crippen molar-refractivity contribution in [2.45, 2.75) is 321 Å². The maximum Gasteiger partial charge on any atom is 0.305 e. The molecule has 3 N–H and O–H groups in total. The Morgan fingerprint density at radius 3 is 1.02 bits per heavy atom. The molecule has 0 radical (unpaired) electrons. The average molecular weight is 850 g/mol. The molecule has 2 atom stereocenters. The van der Waals surface area contributed by atoms with Crippen molar-refractivity contribution in [2.75, 3.05) is 13.2 Å². The molecule has 0 fully saturated rings. The van der Waals surface area contributed by atoms with E-state index < -0.39 is 12.1 Å². The topological polar surface area (TPSA) is 95.9 Å². The van der Waals surface area contributed by atoms with Crippen LogP contribution in [0.3, 0.4) is 0 Å². The summed E-state index contributed by atoms with van der Waals surface area (Å²) in [6, 6.07) is -0.551. The van der Waals surface area contributed by atoms with Crippen LogP contribution in [-0.2, 0) is 14.3 Å². The van der Waals surface area contributed by atoms with Gasteiger partial charge in [0.25, 0.3) is 0 Å². The maximum absolute atomic E-state index is 12.4. The summed E-state index contributed by atoms with van der Waals surface area (Å²) in [5, 5.41) is 23.2. The summed E-state index contributed by atoms with van der Waals surface area (Å²) in [5.41, 5.74) is 0. The van der Waals surface area contributed by atoms with E-state index in [0.29, 0.717) is 25.9 Å². The Kier molecular flexibility index (Phi) is 49.5. The van der Waals surface area contributed by atoms with Crippen LogP contribution in [0.25, 0.3) is 0 Å². The zero-order chi connectivity index (χ0) is 43.7. The Morgan fingerprint density at radius 2 is 0.683 bits per heavy atom. The predicted octanol–water partition coefficient (Wildman–Crippen LogP) is 16.4. The van der Waals surface area contributed by atoms with Gasteiger partial charge in [0.1, 0.15) is 0 Å². The Morgan fingerprint density at radius 1 is 0.400 bits per heavy atom. The first kappa shape index (κ1) is 58.9.